The van der Waals surface area contributed by atoms with Gasteiger partial charge in [0.15, 0.2) is 0 Å². The maximum atomic E-state index is 14.4. The van der Waals surface area contributed by atoms with Gasteiger partial charge >= 0.3 is 18.2 Å². The first-order valence-corrected chi connectivity index (χ1v) is 17.6. The molecule has 2 atom stereocenters. The van der Waals surface area contributed by atoms with Crippen LogP contribution in [0.4, 0.5) is 9.59 Å². The predicted octanol–water partition coefficient (Wildman–Crippen LogP) is 7.47. The predicted molar refractivity (Wildman–Crippen MR) is 201 cm³/mol. The summed E-state index contributed by atoms with van der Waals surface area (Å²) in [5.74, 6) is -2.26. The lowest BCUT2D eigenvalue weighted by Gasteiger charge is -2.36. The SMILES string of the molecule is CN(Cc1ccccc1)C(=O)[C@H](Cc1ccccc1)N(CCN(CC[C@H](C(=O)O)c1c[nH]c2ccccc12)C(=O)OC(C)(C)C)C(=O)OC(C)(C)C. The summed E-state index contributed by atoms with van der Waals surface area (Å²) in [6.07, 6.45) is 0.603. The van der Waals surface area contributed by atoms with Gasteiger partial charge in [-0.2, -0.15) is 0 Å². The maximum absolute atomic E-state index is 14.4. The van der Waals surface area contributed by atoms with E-state index in [1.807, 2.05) is 84.9 Å². The summed E-state index contributed by atoms with van der Waals surface area (Å²) in [6, 6.07) is 25.5. The number of nitrogens with one attached hydrogen (secondary N) is 1. The number of carbonyl (C=O) groups excluding carboxylic acids is 3. The van der Waals surface area contributed by atoms with Crippen molar-refractivity contribution in [3.05, 3.63) is 108 Å². The second-order valence-electron chi connectivity index (χ2n) is 15.0. The van der Waals surface area contributed by atoms with Gasteiger partial charge in [-0.1, -0.05) is 78.9 Å². The summed E-state index contributed by atoms with van der Waals surface area (Å²) in [6.45, 7) is 10.7. The highest BCUT2D eigenvalue weighted by molar-refractivity contribution is 5.89. The minimum absolute atomic E-state index is 0.0127. The molecule has 2 N–H and O–H groups in total. The lowest BCUT2D eigenvalue weighted by molar-refractivity contribution is -0.139. The zero-order valence-electron chi connectivity index (χ0n) is 31.3. The van der Waals surface area contributed by atoms with Crippen molar-refractivity contribution in [3.8, 4) is 0 Å². The van der Waals surface area contributed by atoms with E-state index in [4.69, 9.17) is 9.47 Å². The molecule has 52 heavy (non-hydrogen) atoms. The number of fused-ring (bicyclic) bond motifs is 1. The molecule has 0 spiro atoms. The molecule has 1 aromatic heterocycles. The number of likely N-dealkylation sites (N-methyl/N-ethyl adjacent to an activating group) is 1. The van der Waals surface area contributed by atoms with Gasteiger partial charge in [0, 0.05) is 56.7 Å². The standard InChI is InChI=1S/C41H52N4O7/c1-40(2,3)51-38(49)44(23-22-32(37(47)48)33-27-42-34-21-15-14-20-31(33)34)24-25-45(39(50)52-41(4,5)6)35(26-29-16-10-8-11-17-29)36(46)43(7)28-30-18-12-9-13-19-30/h8-21,27,32,35,42H,22-26,28H2,1-7H3,(H,47,48)/t32-,35-/m0/s1. The van der Waals surface area contributed by atoms with E-state index >= 15 is 0 Å². The Morgan fingerprint density at radius 2 is 1.29 bits per heavy atom. The summed E-state index contributed by atoms with van der Waals surface area (Å²) in [5, 5.41) is 11.1. The molecule has 0 fully saturated rings. The van der Waals surface area contributed by atoms with Crippen LogP contribution in [0.15, 0.2) is 91.1 Å². The van der Waals surface area contributed by atoms with Gasteiger partial charge in [0.25, 0.3) is 0 Å². The van der Waals surface area contributed by atoms with Crippen molar-refractivity contribution >= 4 is 35.0 Å². The summed E-state index contributed by atoms with van der Waals surface area (Å²) < 4.78 is 11.6. The maximum Gasteiger partial charge on any atom is 0.411 e. The lowest BCUT2D eigenvalue weighted by Crippen LogP contribution is -2.54. The Balaban J connectivity index is 1.67. The molecule has 0 aliphatic carbocycles. The third-order valence-electron chi connectivity index (χ3n) is 8.44. The van der Waals surface area contributed by atoms with E-state index < -0.39 is 41.3 Å². The van der Waals surface area contributed by atoms with Crippen molar-refractivity contribution in [2.45, 2.75) is 84.1 Å². The van der Waals surface area contributed by atoms with Crippen LogP contribution in [0.2, 0.25) is 0 Å². The van der Waals surface area contributed by atoms with Gasteiger partial charge in [0.2, 0.25) is 5.91 Å². The molecule has 0 radical (unpaired) electrons. The Morgan fingerprint density at radius 3 is 1.88 bits per heavy atom. The quantitative estimate of drug-likeness (QED) is 0.139. The number of amides is 3. The van der Waals surface area contributed by atoms with Crippen molar-refractivity contribution in [1.29, 1.82) is 0 Å². The highest BCUT2D eigenvalue weighted by atomic mass is 16.6. The molecule has 278 valence electrons. The van der Waals surface area contributed by atoms with Crippen LogP contribution in [0.5, 0.6) is 0 Å². The number of hydrogen-bond acceptors (Lipinski definition) is 6. The van der Waals surface area contributed by atoms with Crippen LogP contribution in [0.3, 0.4) is 0 Å². The number of para-hydroxylation sites is 1. The molecule has 4 rings (SSSR count). The number of nitrogens with zero attached hydrogens (tertiary/aromatic N) is 3. The van der Waals surface area contributed by atoms with E-state index in [2.05, 4.69) is 4.98 Å². The van der Waals surface area contributed by atoms with Gasteiger partial charge in [0.05, 0.1) is 5.92 Å². The molecule has 0 saturated heterocycles. The summed E-state index contributed by atoms with van der Waals surface area (Å²) in [4.78, 5) is 62.2. The number of H-pyrrole nitrogens is 1. The first-order chi connectivity index (χ1) is 24.5. The van der Waals surface area contributed by atoms with Gasteiger partial charge in [-0.25, -0.2) is 9.59 Å². The minimum Gasteiger partial charge on any atom is -0.481 e. The number of aliphatic carboxylic acids is 1. The average Bonchev–Trinajstić information content (AvgIpc) is 3.49. The molecule has 4 aromatic rings. The van der Waals surface area contributed by atoms with Crippen LogP contribution in [0, 0.1) is 0 Å². The number of ether oxygens (including phenoxy) is 2. The van der Waals surface area contributed by atoms with Crippen LogP contribution in [-0.4, -0.2) is 92.8 Å². The Labute approximate surface area is 306 Å². The molecular weight excluding hydrogens is 660 g/mol. The third kappa shape index (κ3) is 11.3. The number of benzene rings is 3. The minimum atomic E-state index is -1.03. The molecule has 11 nitrogen and oxygen atoms in total. The fraction of sp³-hybridized carbons (Fsp3) is 0.415. The summed E-state index contributed by atoms with van der Waals surface area (Å²) in [5.41, 5.74) is 1.49. The van der Waals surface area contributed by atoms with Crippen LogP contribution in [0.1, 0.15) is 70.6 Å². The Morgan fingerprint density at radius 1 is 0.731 bits per heavy atom. The normalized spacial score (nSPS) is 12.8. The number of aromatic amines is 1. The Kier molecular flexibility index (Phi) is 13.1. The van der Waals surface area contributed by atoms with Gasteiger partial charge in [-0.15, -0.1) is 0 Å². The molecule has 0 saturated carbocycles. The lowest BCUT2D eigenvalue weighted by atomic mass is 9.95. The van der Waals surface area contributed by atoms with Gasteiger partial charge in [-0.05, 0) is 70.7 Å². The average molecular weight is 713 g/mol. The fourth-order valence-corrected chi connectivity index (χ4v) is 5.98. The third-order valence-corrected chi connectivity index (χ3v) is 8.44. The first kappa shape index (κ1) is 39.5. The Hall–Kier alpha value is -5.32. The fourth-order valence-electron chi connectivity index (χ4n) is 5.98. The van der Waals surface area contributed by atoms with E-state index in [9.17, 15) is 24.3 Å². The summed E-state index contributed by atoms with van der Waals surface area (Å²) in [7, 11) is 1.70. The van der Waals surface area contributed by atoms with Gasteiger partial charge < -0.3 is 29.4 Å². The van der Waals surface area contributed by atoms with Crippen molar-refractivity contribution in [1.82, 2.24) is 19.7 Å². The molecule has 1 heterocycles. The number of carboxylic acid groups (broad SMARTS) is 1. The topological polar surface area (TPSA) is 132 Å². The first-order valence-electron chi connectivity index (χ1n) is 17.6. The molecule has 3 aromatic carbocycles. The highest BCUT2D eigenvalue weighted by Crippen LogP contribution is 2.29. The second kappa shape index (κ2) is 17.3. The number of carboxylic acids is 1. The van der Waals surface area contributed by atoms with Crippen LogP contribution < -0.4 is 0 Å². The van der Waals surface area contributed by atoms with Gasteiger partial charge in [-0.3, -0.25) is 14.5 Å². The van der Waals surface area contributed by atoms with Crippen molar-refractivity contribution in [2.24, 2.45) is 0 Å². The van der Waals surface area contributed by atoms with Crippen molar-refractivity contribution in [2.75, 3.05) is 26.7 Å². The van der Waals surface area contributed by atoms with Gasteiger partial charge in [0.1, 0.15) is 17.2 Å². The van der Waals surface area contributed by atoms with E-state index in [-0.39, 0.29) is 38.4 Å². The number of rotatable bonds is 14. The van der Waals surface area contributed by atoms with Crippen LogP contribution in [-0.2, 0) is 32.0 Å². The zero-order valence-corrected chi connectivity index (χ0v) is 31.3. The molecule has 0 unspecified atom stereocenters. The smallest absolute Gasteiger partial charge is 0.411 e. The molecule has 0 aliphatic heterocycles. The number of aromatic nitrogens is 1. The number of hydrogen-bond donors (Lipinski definition) is 2. The molecular formula is C41H52N4O7. The second-order valence-corrected chi connectivity index (χ2v) is 15.0. The van der Waals surface area contributed by atoms with Crippen molar-refractivity contribution in [3.63, 3.8) is 0 Å². The van der Waals surface area contributed by atoms with E-state index in [1.165, 1.54) is 9.80 Å². The van der Waals surface area contributed by atoms with E-state index in [0.717, 1.165) is 22.0 Å². The van der Waals surface area contributed by atoms with Crippen molar-refractivity contribution < 1.29 is 33.8 Å². The van der Waals surface area contributed by atoms with Crippen LogP contribution >= 0.6 is 0 Å². The molecule has 11 heteroatoms. The largest absolute Gasteiger partial charge is 0.481 e. The molecule has 0 bridgehead atoms. The zero-order chi connectivity index (χ0) is 38.1. The monoisotopic (exact) mass is 712 g/mol. The molecule has 0 aliphatic rings. The van der Waals surface area contributed by atoms with E-state index in [0.29, 0.717) is 12.1 Å². The van der Waals surface area contributed by atoms with E-state index in [1.54, 1.807) is 59.7 Å². The highest BCUT2D eigenvalue weighted by Gasteiger charge is 2.36. The Bertz CT molecular complexity index is 1790. The molecule has 3 amide bonds. The van der Waals surface area contributed by atoms with Crippen LogP contribution in [0.25, 0.3) is 10.9 Å². The number of carbonyl (C=O) groups is 4. The summed E-state index contributed by atoms with van der Waals surface area (Å²) >= 11 is 0.